The van der Waals surface area contributed by atoms with Crippen molar-refractivity contribution in [1.29, 1.82) is 0 Å². The predicted molar refractivity (Wildman–Crippen MR) is 140 cm³/mol. The second-order valence-electron chi connectivity index (χ2n) is 10.6. The molecule has 11 nitrogen and oxygen atoms in total. The lowest BCUT2D eigenvalue weighted by atomic mass is 9.90. The first-order valence-electron chi connectivity index (χ1n) is 12.7. The van der Waals surface area contributed by atoms with Gasteiger partial charge in [0.05, 0.1) is 43.2 Å². The molecule has 0 radical (unpaired) electrons. The second kappa shape index (κ2) is 10.6. The van der Waals surface area contributed by atoms with E-state index in [2.05, 4.69) is 15.3 Å². The Balaban J connectivity index is 1.37. The summed E-state index contributed by atoms with van der Waals surface area (Å²) < 4.78 is 24.2. The maximum Gasteiger partial charge on any atom is 0.410 e. The lowest BCUT2D eigenvalue weighted by Gasteiger charge is -2.48. The summed E-state index contributed by atoms with van der Waals surface area (Å²) in [6.07, 6.45) is 4.92. The molecule has 2 bridgehead atoms. The van der Waals surface area contributed by atoms with Crippen LogP contribution in [0.4, 0.5) is 10.6 Å². The molecule has 3 atom stereocenters. The van der Waals surface area contributed by atoms with Gasteiger partial charge in [-0.15, -0.1) is 10.2 Å². The van der Waals surface area contributed by atoms with Crippen LogP contribution in [0.15, 0.2) is 42.7 Å². The van der Waals surface area contributed by atoms with Gasteiger partial charge in [0.25, 0.3) is 0 Å². The first-order chi connectivity index (χ1) is 18.2. The number of nitrogens with two attached hydrogens (primary N) is 1. The van der Waals surface area contributed by atoms with E-state index < -0.39 is 5.60 Å². The number of aromatic nitrogens is 4. The Morgan fingerprint density at radius 1 is 1.11 bits per heavy atom. The third-order valence-corrected chi connectivity index (χ3v) is 6.70. The highest BCUT2D eigenvalue weighted by atomic mass is 16.7. The van der Waals surface area contributed by atoms with Gasteiger partial charge in [0.1, 0.15) is 11.4 Å². The van der Waals surface area contributed by atoms with Crippen molar-refractivity contribution in [1.82, 2.24) is 24.9 Å². The molecule has 3 aromatic rings. The van der Waals surface area contributed by atoms with E-state index in [0.29, 0.717) is 30.5 Å². The third kappa shape index (κ3) is 5.44. The number of carbonyl (C=O) groups excluding carboxylic acids is 1. The molecule has 2 aliphatic heterocycles. The van der Waals surface area contributed by atoms with Crippen molar-refractivity contribution in [2.45, 2.75) is 57.3 Å². The Bertz CT molecular complexity index is 1270. The van der Waals surface area contributed by atoms with Crippen LogP contribution in [-0.2, 0) is 14.2 Å². The smallest absolute Gasteiger partial charge is 0.410 e. The molecule has 2 fully saturated rings. The lowest BCUT2D eigenvalue weighted by Crippen LogP contribution is -2.60. The molecule has 0 spiro atoms. The molecular formula is C27H34N6O5. The van der Waals surface area contributed by atoms with E-state index in [0.717, 1.165) is 29.5 Å². The van der Waals surface area contributed by atoms with E-state index in [1.807, 2.05) is 66.9 Å². The zero-order valence-corrected chi connectivity index (χ0v) is 22.2. The molecule has 5 rings (SSSR count). The number of fused-ring (bicyclic) bond motifs is 2. The summed E-state index contributed by atoms with van der Waals surface area (Å²) in [5.74, 6) is 0.953. The van der Waals surface area contributed by atoms with E-state index >= 15 is 0 Å². The highest BCUT2D eigenvalue weighted by molar-refractivity contribution is 5.78. The van der Waals surface area contributed by atoms with Gasteiger partial charge in [-0.05, 0) is 51.8 Å². The zero-order chi connectivity index (χ0) is 26.9. The average Bonchev–Trinajstić information content (AvgIpc) is 3.36. The molecule has 2 aromatic heterocycles. The van der Waals surface area contributed by atoms with Crippen molar-refractivity contribution in [3.05, 3.63) is 42.7 Å². The van der Waals surface area contributed by atoms with E-state index in [-0.39, 0.29) is 31.0 Å². The van der Waals surface area contributed by atoms with Gasteiger partial charge in [0.15, 0.2) is 12.6 Å². The highest BCUT2D eigenvalue weighted by Crippen LogP contribution is 2.37. The van der Waals surface area contributed by atoms with Gasteiger partial charge in [-0.2, -0.15) is 5.10 Å². The Hall–Kier alpha value is -3.70. The first-order valence-corrected chi connectivity index (χ1v) is 12.7. The maximum absolute atomic E-state index is 12.9. The van der Waals surface area contributed by atoms with Crippen molar-refractivity contribution < 1.29 is 23.7 Å². The number of hydrogen-bond donors (Lipinski definition) is 1. The summed E-state index contributed by atoms with van der Waals surface area (Å²) in [6.45, 7) is 6.73. The molecule has 38 heavy (non-hydrogen) atoms. The van der Waals surface area contributed by atoms with Crippen molar-refractivity contribution in [2.24, 2.45) is 0 Å². The van der Waals surface area contributed by atoms with Gasteiger partial charge in [0.2, 0.25) is 0 Å². The number of anilines is 1. The van der Waals surface area contributed by atoms with E-state index in [9.17, 15) is 4.79 Å². The summed E-state index contributed by atoms with van der Waals surface area (Å²) in [5.41, 5.74) is 8.69. The molecular weight excluding hydrogens is 488 g/mol. The molecule has 4 heterocycles. The van der Waals surface area contributed by atoms with Crippen LogP contribution in [0.3, 0.4) is 0 Å². The van der Waals surface area contributed by atoms with Gasteiger partial charge in [-0.3, -0.25) is 9.58 Å². The van der Waals surface area contributed by atoms with Crippen LogP contribution in [0.1, 0.15) is 39.7 Å². The molecule has 1 aromatic carbocycles. The van der Waals surface area contributed by atoms with Crippen LogP contribution < -0.4 is 10.5 Å². The number of piperidine rings is 1. The molecule has 11 heteroatoms. The highest BCUT2D eigenvalue weighted by Gasteiger charge is 2.44. The summed E-state index contributed by atoms with van der Waals surface area (Å²) >= 11 is 0. The minimum atomic E-state index is -0.548. The fourth-order valence-electron chi connectivity index (χ4n) is 5.08. The number of nitrogens with zero attached hydrogens (tertiary/aromatic N) is 5. The van der Waals surface area contributed by atoms with Crippen LogP contribution in [-0.4, -0.2) is 75.8 Å². The predicted octanol–water partition coefficient (Wildman–Crippen LogP) is 3.91. The van der Waals surface area contributed by atoms with E-state index in [1.165, 1.54) is 0 Å². The van der Waals surface area contributed by atoms with Crippen LogP contribution in [0.5, 0.6) is 5.75 Å². The van der Waals surface area contributed by atoms with Crippen LogP contribution in [0, 0.1) is 0 Å². The van der Waals surface area contributed by atoms with Gasteiger partial charge in [-0.1, -0.05) is 12.1 Å². The Morgan fingerprint density at radius 3 is 2.55 bits per heavy atom. The number of para-hydroxylation sites is 1. The first kappa shape index (κ1) is 25.9. The maximum atomic E-state index is 12.9. The Morgan fingerprint density at radius 2 is 1.84 bits per heavy atom. The monoisotopic (exact) mass is 522 g/mol. The number of benzene rings is 1. The zero-order valence-electron chi connectivity index (χ0n) is 22.2. The van der Waals surface area contributed by atoms with Gasteiger partial charge >= 0.3 is 6.09 Å². The quantitative estimate of drug-likeness (QED) is 0.479. The third-order valence-electron chi connectivity index (χ3n) is 6.70. The standard InChI is InChI=1S/C27H34N6O5/c1-27(2,3)38-26(34)33-19-9-18(10-20(33)15-36-14-19)32-13-17(12-29-32)22-11-23(30-31-25(22)28)21-7-5-6-8-24(21)37-16-35-4/h5-8,11-13,18-20H,9-10,14-16H2,1-4H3,(H2,28,31)/t18?,19-,20+. The van der Waals surface area contributed by atoms with Crippen molar-refractivity contribution >= 4 is 11.9 Å². The molecule has 1 amide bonds. The fraction of sp³-hybridized carbons (Fsp3) is 0.481. The Labute approximate surface area is 221 Å². The number of amides is 1. The number of nitrogen functional groups attached to an aromatic ring is 1. The van der Waals surface area contributed by atoms with Crippen LogP contribution >= 0.6 is 0 Å². The van der Waals surface area contributed by atoms with Crippen LogP contribution in [0.2, 0.25) is 0 Å². The summed E-state index contributed by atoms with van der Waals surface area (Å²) in [7, 11) is 1.57. The summed E-state index contributed by atoms with van der Waals surface area (Å²) in [4.78, 5) is 14.8. The number of morpholine rings is 1. The number of carbonyl (C=O) groups is 1. The summed E-state index contributed by atoms with van der Waals surface area (Å²) in [6, 6.07) is 9.43. The average molecular weight is 523 g/mol. The van der Waals surface area contributed by atoms with Crippen molar-refractivity contribution in [2.75, 3.05) is 32.9 Å². The molecule has 2 saturated heterocycles. The van der Waals surface area contributed by atoms with Crippen LogP contribution in [0.25, 0.3) is 22.4 Å². The molecule has 0 aliphatic carbocycles. The lowest BCUT2D eigenvalue weighted by molar-refractivity contribution is -0.0886. The van der Waals surface area contributed by atoms with Gasteiger partial charge < -0.3 is 24.7 Å². The summed E-state index contributed by atoms with van der Waals surface area (Å²) in [5, 5.41) is 13.2. The second-order valence-corrected chi connectivity index (χ2v) is 10.6. The van der Waals surface area contributed by atoms with Gasteiger partial charge in [0, 0.05) is 30.0 Å². The number of ether oxygens (including phenoxy) is 4. The normalized spacial score (nSPS) is 21.3. The topological polar surface area (TPSA) is 127 Å². The largest absolute Gasteiger partial charge is 0.467 e. The van der Waals surface area contributed by atoms with Crippen molar-refractivity contribution in [3.63, 3.8) is 0 Å². The Kier molecular flexibility index (Phi) is 7.22. The molecule has 2 aliphatic rings. The minimum Gasteiger partial charge on any atom is -0.467 e. The fourth-order valence-corrected chi connectivity index (χ4v) is 5.08. The number of rotatable bonds is 6. The molecule has 0 saturated carbocycles. The van der Waals surface area contributed by atoms with E-state index in [1.54, 1.807) is 13.3 Å². The number of methoxy groups -OCH3 is 1. The van der Waals surface area contributed by atoms with Gasteiger partial charge in [-0.25, -0.2) is 4.79 Å². The molecule has 2 N–H and O–H groups in total. The number of hydrogen-bond acceptors (Lipinski definition) is 9. The molecule has 202 valence electrons. The van der Waals surface area contributed by atoms with E-state index in [4.69, 9.17) is 24.7 Å². The SMILES string of the molecule is COCOc1ccccc1-c1cc(-c2cnn(C3C[C@H]4COC[C@@H](C3)N4C(=O)OC(C)(C)C)c2)c(N)nn1. The van der Waals surface area contributed by atoms with Crippen molar-refractivity contribution in [3.8, 4) is 28.1 Å². The molecule has 1 unspecified atom stereocenters. The minimum absolute atomic E-state index is 0.0714.